The van der Waals surface area contributed by atoms with Gasteiger partial charge in [0.05, 0.1) is 29.1 Å². The van der Waals surface area contributed by atoms with Crippen LogP contribution in [-0.4, -0.2) is 25.5 Å². The number of hydrogen-bond acceptors (Lipinski definition) is 6. The lowest BCUT2D eigenvalue weighted by Crippen LogP contribution is -2.29. The molecule has 1 aromatic heterocycles. The van der Waals surface area contributed by atoms with Crippen molar-refractivity contribution in [3.63, 3.8) is 0 Å². The van der Waals surface area contributed by atoms with Crippen LogP contribution in [0.2, 0.25) is 5.02 Å². The molecule has 2 N–H and O–H groups in total. The molecule has 0 radical (unpaired) electrons. The molecule has 37 heavy (non-hydrogen) atoms. The minimum atomic E-state index is -0.792. The number of nitrogens with two attached hydrogens (primary N) is 1. The number of carbonyl (C=O) groups is 2. The van der Waals surface area contributed by atoms with Crippen molar-refractivity contribution in [3.8, 4) is 11.5 Å². The predicted molar refractivity (Wildman–Crippen MR) is 140 cm³/mol. The van der Waals surface area contributed by atoms with E-state index in [1.54, 1.807) is 54.6 Å². The van der Waals surface area contributed by atoms with Crippen molar-refractivity contribution in [2.75, 3.05) is 18.6 Å². The van der Waals surface area contributed by atoms with E-state index in [0.29, 0.717) is 38.7 Å². The fourth-order valence-corrected chi connectivity index (χ4v) is 4.77. The summed E-state index contributed by atoms with van der Waals surface area (Å²) in [5, 5.41) is 0.712. The second-order valence-electron chi connectivity index (χ2n) is 8.83. The zero-order chi connectivity index (χ0) is 26.4. The van der Waals surface area contributed by atoms with Gasteiger partial charge in [0.15, 0.2) is 12.0 Å². The van der Waals surface area contributed by atoms with Gasteiger partial charge in [0, 0.05) is 5.69 Å². The first-order chi connectivity index (χ1) is 17.7. The lowest BCUT2D eigenvalue weighted by atomic mass is 9.97. The van der Waals surface area contributed by atoms with E-state index in [4.69, 9.17) is 31.2 Å². The molecule has 0 fully saturated rings. The second-order valence-corrected chi connectivity index (χ2v) is 9.23. The fourth-order valence-electron chi connectivity index (χ4n) is 4.52. The van der Waals surface area contributed by atoms with Crippen LogP contribution < -0.4 is 25.5 Å². The Morgan fingerprint density at radius 1 is 1.05 bits per heavy atom. The van der Waals surface area contributed by atoms with E-state index in [-0.39, 0.29) is 23.4 Å². The molecule has 1 aliphatic rings. The van der Waals surface area contributed by atoms with E-state index in [9.17, 15) is 14.4 Å². The summed E-state index contributed by atoms with van der Waals surface area (Å²) in [5.41, 5.74) is 8.46. The number of carbonyl (C=O) groups excluding carboxylic acids is 2. The van der Waals surface area contributed by atoms with E-state index in [2.05, 4.69) is 0 Å². The van der Waals surface area contributed by atoms with E-state index in [0.717, 1.165) is 11.1 Å². The maximum absolute atomic E-state index is 13.8. The highest BCUT2D eigenvalue weighted by atomic mass is 35.5. The van der Waals surface area contributed by atoms with Crippen molar-refractivity contribution in [3.05, 3.63) is 97.9 Å². The average molecular weight is 519 g/mol. The Labute approximate surface area is 217 Å². The minimum absolute atomic E-state index is 0.0215. The molecule has 5 rings (SSSR count). The van der Waals surface area contributed by atoms with Gasteiger partial charge < -0.3 is 19.6 Å². The summed E-state index contributed by atoms with van der Waals surface area (Å²) < 4.78 is 16.7. The number of fused-ring (bicyclic) bond motifs is 2. The van der Waals surface area contributed by atoms with Gasteiger partial charge in [0.2, 0.25) is 5.76 Å². The van der Waals surface area contributed by atoms with Crippen LogP contribution in [0.25, 0.3) is 11.0 Å². The van der Waals surface area contributed by atoms with Gasteiger partial charge in [-0.3, -0.25) is 19.3 Å². The molecular formula is C28H23ClN2O6. The zero-order valence-electron chi connectivity index (χ0n) is 20.3. The molecule has 1 aliphatic heterocycles. The smallest absolute Gasteiger partial charge is 0.295 e. The van der Waals surface area contributed by atoms with Crippen LogP contribution in [0.15, 0.2) is 63.8 Å². The molecule has 188 valence electrons. The maximum Gasteiger partial charge on any atom is 0.295 e. The molecule has 1 atom stereocenters. The maximum atomic E-state index is 13.8. The van der Waals surface area contributed by atoms with Gasteiger partial charge in [0.25, 0.3) is 11.8 Å². The standard InChI is InChI=1S/C28H23ClN2O6/c1-14-10-19-22(11-15(14)2)37-27-24(26(19)33)25(16-4-7-18(8-5-16)36-13-23(30)32)31(28(27)34)17-6-9-21(35-3)20(29)12-17/h4-12,25H,13H2,1-3H3,(H2,30,32). The number of amides is 2. The Morgan fingerprint density at radius 2 is 1.76 bits per heavy atom. The summed E-state index contributed by atoms with van der Waals surface area (Å²) >= 11 is 6.39. The summed E-state index contributed by atoms with van der Waals surface area (Å²) in [7, 11) is 1.50. The average Bonchev–Trinajstić information content (AvgIpc) is 3.16. The lowest BCUT2D eigenvalue weighted by Gasteiger charge is -2.26. The number of benzene rings is 3. The van der Waals surface area contributed by atoms with Gasteiger partial charge in [-0.15, -0.1) is 0 Å². The first-order valence-corrected chi connectivity index (χ1v) is 11.8. The highest BCUT2D eigenvalue weighted by Crippen LogP contribution is 2.43. The molecule has 9 heteroatoms. The molecule has 3 aromatic carbocycles. The number of methoxy groups -OCH3 is 1. The molecule has 0 spiro atoms. The third-order valence-corrected chi connectivity index (χ3v) is 6.77. The van der Waals surface area contributed by atoms with Crippen LogP contribution >= 0.6 is 11.6 Å². The van der Waals surface area contributed by atoms with E-state index in [1.165, 1.54) is 12.0 Å². The number of nitrogens with zero attached hydrogens (tertiary/aromatic N) is 1. The van der Waals surface area contributed by atoms with Gasteiger partial charge in [-0.2, -0.15) is 0 Å². The monoisotopic (exact) mass is 518 g/mol. The Morgan fingerprint density at radius 3 is 2.41 bits per heavy atom. The topological polar surface area (TPSA) is 112 Å². The number of aryl methyl sites for hydroxylation is 2. The third-order valence-electron chi connectivity index (χ3n) is 6.48. The molecule has 2 amide bonds. The minimum Gasteiger partial charge on any atom is -0.495 e. The Balaban J connectivity index is 1.71. The Kier molecular flexibility index (Phi) is 6.13. The number of halogens is 1. The summed E-state index contributed by atoms with van der Waals surface area (Å²) in [4.78, 5) is 40.2. The molecule has 1 unspecified atom stereocenters. The number of ether oxygens (including phenoxy) is 2. The van der Waals surface area contributed by atoms with Gasteiger partial charge >= 0.3 is 0 Å². The molecule has 8 nitrogen and oxygen atoms in total. The highest BCUT2D eigenvalue weighted by Gasteiger charge is 2.44. The van der Waals surface area contributed by atoms with E-state index < -0.39 is 17.9 Å². The van der Waals surface area contributed by atoms with Crippen molar-refractivity contribution in [1.29, 1.82) is 0 Å². The van der Waals surface area contributed by atoms with Crippen molar-refractivity contribution in [2.24, 2.45) is 5.73 Å². The van der Waals surface area contributed by atoms with Crippen molar-refractivity contribution in [2.45, 2.75) is 19.9 Å². The number of primary amides is 1. The van der Waals surface area contributed by atoms with E-state index >= 15 is 0 Å². The summed E-state index contributed by atoms with van der Waals surface area (Å²) in [5.74, 6) is -0.216. The van der Waals surface area contributed by atoms with Crippen LogP contribution in [0.3, 0.4) is 0 Å². The van der Waals surface area contributed by atoms with Gasteiger partial charge in [-0.1, -0.05) is 23.7 Å². The van der Waals surface area contributed by atoms with Crippen LogP contribution in [-0.2, 0) is 4.79 Å². The quantitative estimate of drug-likeness (QED) is 0.396. The number of anilines is 1. The Hall–Kier alpha value is -4.30. The SMILES string of the molecule is COc1ccc(N2C(=O)c3oc4cc(C)c(C)cc4c(=O)c3C2c2ccc(OCC(N)=O)cc2)cc1Cl. The molecular weight excluding hydrogens is 496 g/mol. The largest absolute Gasteiger partial charge is 0.495 e. The number of rotatable bonds is 6. The van der Waals surface area contributed by atoms with Gasteiger partial charge in [-0.25, -0.2) is 0 Å². The highest BCUT2D eigenvalue weighted by molar-refractivity contribution is 6.32. The van der Waals surface area contributed by atoms with Crippen LogP contribution in [0, 0.1) is 13.8 Å². The van der Waals surface area contributed by atoms with Crippen LogP contribution in [0.5, 0.6) is 11.5 Å². The van der Waals surface area contributed by atoms with Crippen molar-refractivity contribution in [1.82, 2.24) is 0 Å². The number of hydrogen-bond donors (Lipinski definition) is 1. The first kappa shape index (κ1) is 24.4. The van der Waals surface area contributed by atoms with Crippen molar-refractivity contribution < 1.29 is 23.5 Å². The fraction of sp³-hybridized carbons (Fsp3) is 0.179. The molecule has 0 aliphatic carbocycles. The summed E-state index contributed by atoms with van der Waals surface area (Å²) in [6, 6.07) is 14.5. The normalized spacial score (nSPS) is 14.6. The lowest BCUT2D eigenvalue weighted by molar-refractivity contribution is -0.119. The van der Waals surface area contributed by atoms with Crippen LogP contribution in [0.1, 0.15) is 38.9 Å². The molecule has 4 aromatic rings. The molecule has 0 bridgehead atoms. The molecule has 2 heterocycles. The molecule has 0 saturated heterocycles. The second kappa shape index (κ2) is 9.29. The van der Waals surface area contributed by atoms with Gasteiger partial charge in [-0.05, 0) is 73.0 Å². The zero-order valence-corrected chi connectivity index (χ0v) is 21.1. The first-order valence-electron chi connectivity index (χ1n) is 11.5. The summed E-state index contributed by atoms with van der Waals surface area (Å²) in [6.07, 6.45) is 0. The van der Waals surface area contributed by atoms with Gasteiger partial charge in [0.1, 0.15) is 17.1 Å². The van der Waals surface area contributed by atoms with Crippen LogP contribution in [0.4, 0.5) is 5.69 Å². The molecule has 0 saturated carbocycles. The van der Waals surface area contributed by atoms with Crippen molar-refractivity contribution >= 4 is 40.1 Å². The third kappa shape index (κ3) is 4.19. The summed E-state index contributed by atoms with van der Waals surface area (Å²) in [6.45, 7) is 3.57. The van der Waals surface area contributed by atoms with E-state index in [1.807, 2.05) is 13.8 Å². The Bertz CT molecular complexity index is 1630. The predicted octanol–water partition coefficient (Wildman–Crippen LogP) is 4.69.